The zero-order valence-electron chi connectivity index (χ0n) is 39.6. The van der Waals surface area contributed by atoms with Gasteiger partial charge in [-0.05, 0) is 111 Å². The Morgan fingerprint density at radius 3 is 0.661 bits per heavy atom. The molecule has 4 fully saturated rings. The molecule has 0 atom stereocenters. The minimum Gasteiger partial charge on any atom is -0.460 e. The first-order valence-electron chi connectivity index (χ1n) is 21.7. The SMILES string of the molecule is CC1(C)CC(Oc2nc(N=Nc3nc(OC4CC(C)(C)N([O])C(C)(C)C4)nc(OC4CC(C)(C)N([O])C(C)(C)C4)n3)nc(OC3CC(C)(C)N([O])C(C)(C)C3)n2)CC(C)(C)N1[O]. The molecule has 62 heavy (non-hydrogen) atoms. The van der Waals surface area contributed by atoms with Gasteiger partial charge in [0.1, 0.15) is 24.4 Å². The van der Waals surface area contributed by atoms with E-state index in [2.05, 4.69) is 40.1 Å². The molecule has 0 unspecified atom stereocenters. The molecule has 0 aromatic carbocycles. The van der Waals surface area contributed by atoms with Gasteiger partial charge in [0.05, 0.1) is 0 Å². The van der Waals surface area contributed by atoms with Gasteiger partial charge in [0, 0.05) is 95.7 Å². The van der Waals surface area contributed by atoms with Crippen LogP contribution in [0.2, 0.25) is 0 Å². The first-order valence-corrected chi connectivity index (χ1v) is 21.7. The molecule has 0 spiro atoms. The molecule has 4 aliphatic heterocycles. The van der Waals surface area contributed by atoms with E-state index in [1.807, 2.05) is 111 Å². The van der Waals surface area contributed by atoms with Crippen LogP contribution in [0.25, 0.3) is 0 Å². The van der Waals surface area contributed by atoms with Crippen molar-refractivity contribution in [3.05, 3.63) is 0 Å². The second-order valence-electron chi connectivity index (χ2n) is 22.9. The molecule has 6 heterocycles. The summed E-state index contributed by atoms with van der Waals surface area (Å²) >= 11 is 0. The number of aromatic nitrogens is 6. The van der Waals surface area contributed by atoms with Gasteiger partial charge in [0.15, 0.2) is 0 Å². The summed E-state index contributed by atoms with van der Waals surface area (Å²) in [5, 5.41) is 65.7. The van der Waals surface area contributed by atoms with Crippen LogP contribution in [0.1, 0.15) is 162 Å². The highest BCUT2D eigenvalue weighted by Crippen LogP contribution is 2.43. The van der Waals surface area contributed by atoms with Gasteiger partial charge < -0.3 is 18.9 Å². The molecule has 2 aromatic heterocycles. The van der Waals surface area contributed by atoms with Crippen molar-refractivity contribution in [2.45, 2.75) is 231 Å². The molecule has 4 radical (unpaired) electrons. The Labute approximate surface area is 366 Å². The summed E-state index contributed by atoms with van der Waals surface area (Å²) in [6.45, 7) is 30.0. The smallest absolute Gasteiger partial charge is 0.324 e. The van der Waals surface area contributed by atoms with E-state index in [0.717, 1.165) is 20.3 Å². The second-order valence-corrected chi connectivity index (χ2v) is 22.9. The largest absolute Gasteiger partial charge is 0.460 e. The van der Waals surface area contributed by atoms with Gasteiger partial charge in [-0.1, -0.05) is 0 Å². The summed E-state index contributed by atoms with van der Waals surface area (Å²) in [6.07, 6.45) is 1.54. The monoisotopic (exact) mass is 869 g/mol. The number of hydrogen-bond acceptors (Lipinski definition) is 16. The zero-order valence-corrected chi connectivity index (χ0v) is 39.6. The van der Waals surface area contributed by atoms with Crippen LogP contribution in [-0.4, -0.2) is 119 Å². The number of nitrogens with zero attached hydrogens (tertiary/aromatic N) is 12. The molecule has 4 saturated heterocycles. The quantitative estimate of drug-likeness (QED) is 0.211. The maximum atomic E-state index is 13.1. The minimum absolute atomic E-state index is 0.0757. The number of hydroxylamine groups is 8. The summed E-state index contributed by atoms with van der Waals surface area (Å²) in [6, 6.07) is -0.303. The molecule has 344 valence electrons. The van der Waals surface area contributed by atoms with Gasteiger partial charge in [0.2, 0.25) is 0 Å². The van der Waals surface area contributed by atoms with Crippen molar-refractivity contribution in [1.82, 2.24) is 50.2 Å². The standard InChI is InChI=1S/C42H68N12O8/c1-35(2)17-25(18-36(3,4)51(35)55)59-31-43-29(44-32(47-31)60-26-19-37(5,6)52(56)38(7,8)20-26)49-50-30-45-33(61-27-21-39(9,10)53(57)40(11,12)22-27)48-34(46-30)62-28-23-41(13,14)54(58)42(15,16)24-28/h25-28H,17-24H2,1-16H3. The minimum atomic E-state index is -0.724. The van der Waals surface area contributed by atoms with Crippen molar-refractivity contribution in [2.24, 2.45) is 10.2 Å². The summed E-state index contributed by atoms with van der Waals surface area (Å²) in [5.41, 5.74) is -5.79. The molecule has 0 saturated carbocycles. The third-order valence-corrected chi connectivity index (χ3v) is 12.7. The molecule has 20 heteroatoms. The van der Waals surface area contributed by atoms with E-state index in [1.165, 1.54) is 0 Å². The third kappa shape index (κ3) is 10.4. The highest BCUT2D eigenvalue weighted by Gasteiger charge is 2.51. The average Bonchev–Trinajstić information content (AvgIpc) is 3.09. The van der Waals surface area contributed by atoms with Crippen LogP contribution in [0, 0.1) is 0 Å². The Kier molecular flexibility index (Phi) is 12.5. The summed E-state index contributed by atoms with van der Waals surface area (Å²) in [7, 11) is 0. The van der Waals surface area contributed by atoms with E-state index in [0.29, 0.717) is 51.4 Å². The van der Waals surface area contributed by atoms with E-state index in [4.69, 9.17) is 18.9 Å². The molecule has 0 aliphatic carbocycles. The molecular weight excluding hydrogens is 801 g/mol. The van der Waals surface area contributed by atoms with Crippen molar-refractivity contribution >= 4 is 11.9 Å². The van der Waals surface area contributed by atoms with Crippen LogP contribution in [0.3, 0.4) is 0 Å². The zero-order chi connectivity index (χ0) is 46.2. The Hall–Kier alpha value is -3.50. The molecule has 6 rings (SSSR count). The first kappa shape index (κ1) is 48.0. The normalized spacial score (nSPS) is 27.0. The van der Waals surface area contributed by atoms with Crippen LogP contribution in [0.5, 0.6) is 24.0 Å². The fraction of sp³-hybridized carbons (Fsp3) is 0.857. The van der Waals surface area contributed by atoms with Crippen molar-refractivity contribution in [3.8, 4) is 24.0 Å². The topological polar surface area (TPSA) is 232 Å². The lowest BCUT2D eigenvalue weighted by Gasteiger charge is -2.49. The Bertz CT molecular complexity index is 1640. The fourth-order valence-electron chi connectivity index (χ4n) is 10.7. The molecule has 2 aromatic rings. The maximum Gasteiger partial charge on any atom is 0.324 e. The highest BCUT2D eigenvalue weighted by atomic mass is 16.5. The Morgan fingerprint density at radius 2 is 0.500 bits per heavy atom. The van der Waals surface area contributed by atoms with Crippen molar-refractivity contribution in [3.63, 3.8) is 0 Å². The Morgan fingerprint density at radius 1 is 0.339 bits per heavy atom. The third-order valence-electron chi connectivity index (χ3n) is 12.7. The maximum absolute atomic E-state index is 13.1. The second kappa shape index (κ2) is 16.2. The molecule has 0 N–H and O–H groups in total. The van der Waals surface area contributed by atoms with Crippen LogP contribution >= 0.6 is 0 Å². The summed E-state index contributed by atoms with van der Waals surface area (Å²) < 4.78 is 25.5. The molecule has 4 aliphatic rings. The highest BCUT2D eigenvalue weighted by molar-refractivity contribution is 5.24. The molecule has 0 amide bonds. The molecule has 0 bridgehead atoms. The summed E-state index contributed by atoms with van der Waals surface area (Å²) in [4.78, 5) is 27.0. The van der Waals surface area contributed by atoms with Gasteiger partial charge in [-0.3, -0.25) is 0 Å². The lowest BCUT2D eigenvalue weighted by molar-refractivity contribution is -0.297. The predicted molar refractivity (Wildman–Crippen MR) is 221 cm³/mol. The van der Waals surface area contributed by atoms with E-state index in [9.17, 15) is 20.8 Å². The lowest BCUT2D eigenvalue weighted by Crippen LogP contribution is -2.60. The average molecular weight is 869 g/mol. The number of rotatable bonds is 10. The first-order chi connectivity index (χ1) is 28.2. The van der Waals surface area contributed by atoms with Gasteiger partial charge in [0.25, 0.3) is 11.9 Å². The van der Waals surface area contributed by atoms with Crippen LogP contribution < -0.4 is 18.9 Å². The van der Waals surface area contributed by atoms with Crippen molar-refractivity contribution < 1.29 is 39.8 Å². The van der Waals surface area contributed by atoms with E-state index >= 15 is 0 Å². The number of piperidine rings is 4. The molecule has 20 nitrogen and oxygen atoms in total. The van der Waals surface area contributed by atoms with Crippen molar-refractivity contribution in [2.75, 3.05) is 0 Å². The Balaban J connectivity index is 1.35. The van der Waals surface area contributed by atoms with E-state index in [1.54, 1.807) is 0 Å². The van der Waals surface area contributed by atoms with Gasteiger partial charge in [-0.15, -0.1) is 61.3 Å². The van der Waals surface area contributed by atoms with Gasteiger partial charge in [-0.2, -0.15) is 19.9 Å². The van der Waals surface area contributed by atoms with Crippen LogP contribution in [0.15, 0.2) is 10.2 Å². The molecular formula is C42H68N12O8. The number of ether oxygens (including phenoxy) is 4. The summed E-state index contributed by atoms with van der Waals surface area (Å²) in [5.74, 6) is -0.347. The predicted octanol–water partition coefficient (Wildman–Crippen LogP) is 7.46. The van der Waals surface area contributed by atoms with E-state index in [-0.39, 0.29) is 35.9 Å². The van der Waals surface area contributed by atoms with Crippen molar-refractivity contribution in [1.29, 1.82) is 0 Å². The van der Waals surface area contributed by atoms with Gasteiger partial charge in [-0.25, -0.2) is 0 Å². The van der Waals surface area contributed by atoms with E-state index < -0.39 is 68.7 Å². The number of hydrogen-bond donors (Lipinski definition) is 0. The lowest BCUT2D eigenvalue weighted by atomic mass is 9.80. The van der Waals surface area contributed by atoms with Crippen LogP contribution in [-0.2, 0) is 20.8 Å². The van der Waals surface area contributed by atoms with Crippen LogP contribution in [0.4, 0.5) is 11.9 Å². The fourth-order valence-corrected chi connectivity index (χ4v) is 10.7. The van der Waals surface area contributed by atoms with Gasteiger partial charge >= 0.3 is 24.0 Å². The number of azo groups is 1.